The number of aromatic amines is 1. The van der Waals surface area contributed by atoms with E-state index in [4.69, 9.17) is 12.2 Å². The van der Waals surface area contributed by atoms with Gasteiger partial charge < -0.3 is 5.32 Å². The van der Waals surface area contributed by atoms with Crippen molar-refractivity contribution in [3.63, 3.8) is 0 Å². The molecule has 1 aliphatic carbocycles. The van der Waals surface area contributed by atoms with Crippen molar-refractivity contribution in [3.05, 3.63) is 32.5 Å². The van der Waals surface area contributed by atoms with Crippen LogP contribution in [-0.4, -0.2) is 26.4 Å². The third-order valence-corrected chi connectivity index (χ3v) is 6.55. The lowest BCUT2D eigenvalue weighted by Crippen LogP contribution is -2.30. The number of carbonyl (C=O) groups excluding carboxylic acids is 1. The van der Waals surface area contributed by atoms with Crippen molar-refractivity contribution in [2.24, 2.45) is 0 Å². The van der Waals surface area contributed by atoms with Crippen LogP contribution in [0, 0.1) is 4.77 Å². The molecule has 0 aromatic carbocycles. The van der Waals surface area contributed by atoms with Crippen molar-refractivity contribution in [2.45, 2.75) is 37.1 Å². The van der Waals surface area contributed by atoms with Crippen LogP contribution in [0.1, 0.15) is 40.4 Å². The molecule has 0 spiro atoms. The Balaban J connectivity index is 1.47. The van der Waals surface area contributed by atoms with Crippen LogP contribution in [0.15, 0.2) is 11.4 Å². The quantitative estimate of drug-likeness (QED) is 0.831. The topological polar surface area (TPSA) is 62.7 Å². The van der Waals surface area contributed by atoms with Crippen molar-refractivity contribution in [1.82, 2.24) is 20.1 Å². The van der Waals surface area contributed by atoms with Gasteiger partial charge in [-0.15, -0.1) is 23.1 Å². The summed E-state index contributed by atoms with van der Waals surface area (Å²) < 4.78 is 2.69. The molecular formula is C14H16N4OS3. The van der Waals surface area contributed by atoms with Crippen molar-refractivity contribution >= 4 is 41.2 Å². The third kappa shape index (κ3) is 2.63. The second kappa shape index (κ2) is 5.82. The van der Waals surface area contributed by atoms with Gasteiger partial charge in [0.25, 0.3) is 0 Å². The maximum atomic E-state index is 12.5. The molecule has 4 rings (SSSR count). The van der Waals surface area contributed by atoms with Gasteiger partial charge in [-0.25, -0.2) is 0 Å². The molecular weight excluding hydrogens is 336 g/mol. The standard InChI is InChI=1S/C14H16N4OS3/c19-13(12-9-3-5-21-10(9)4-6-22-12)15-7-11-16-17-14(20)18(11)8-1-2-8/h3,5,8,12H,1-2,4,6-7H2,(H,15,19)(H,17,20). The third-order valence-electron chi connectivity index (χ3n) is 4.02. The van der Waals surface area contributed by atoms with Crippen LogP contribution < -0.4 is 5.32 Å². The number of carbonyl (C=O) groups is 1. The van der Waals surface area contributed by atoms with E-state index in [1.807, 2.05) is 4.57 Å². The zero-order chi connectivity index (χ0) is 15.1. The highest BCUT2D eigenvalue weighted by Crippen LogP contribution is 2.39. The van der Waals surface area contributed by atoms with Crippen LogP contribution in [0.3, 0.4) is 0 Å². The molecule has 3 heterocycles. The lowest BCUT2D eigenvalue weighted by Gasteiger charge is -2.21. The van der Waals surface area contributed by atoms with Crippen molar-refractivity contribution in [2.75, 3.05) is 5.75 Å². The lowest BCUT2D eigenvalue weighted by atomic mass is 10.1. The predicted octanol–water partition coefficient (Wildman–Crippen LogP) is 2.98. The molecule has 116 valence electrons. The molecule has 22 heavy (non-hydrogen) atoms. The van der Waals surface area contributed by atoms with E-state index in [0.29, 0.717) is 17.4 Å². The number of H-pyrrole nitrogens is 1. The summed E-state index contributed by atoms with van der Waals surface area (Å²) in [6, 6.07) is 2.54. The largest absolute Gasteiger partial charge is 0.348 e. The van der Waals surface area contributed by atoms with Gasteiger partial charge in [-0.3, -0.25) is 14.5 Å². The molecule has 1 fully saturated rings. The zero-order valence-corrected chi connectivity index (χ0v) is 14.3. The van der Waals surface area contributed by atoms with Gasteiger partial charge >= 0.3 is 0 Å². The summed E-state index contributed by atoms with van der Waals surface area (Å²) in [5, 5.41) is 12.1. The van der Waals surface area contributed by atoms with E-state index in [2.05, 4.69) is 27.0 Å². The van der Waals surface area contributed by atoms with Gasteiger partial charge in [0.15, 0.2) is 10.6 Å². The minimum absolute atomic E-state index is 0.0700. The van der Waals surface area contributed by atoms with Gasteiger partial charge in [0, 0.05) is 10.9 Å². The second-order valence-corrected chi connectivity index (χ2v) is 8.16. The van der Waals surface area contributed by atoms with E-state index < -0.39 is 0 Å². The molecule has 2 aromatic heterocycles. The van der Waals surface area contributed by atoms with Crippen LogP contribution >= 0.6 is 35.3 Å². The number of nitrogens with one attached hydrogen (secondary N) is 2. The molecule has 1 saturated carbocycles. The first kappa shape index (κ1) is 14.5. The average Bonchev–Trinajstić information content (AvgIpc) is 3.11. The highest BCUT2D eigenvalue weighted by molar-refractivity contribution is 8.00. The number of aromatic nitrogens is 3. The first-order valence-electron chi connectivity index (χ1n) is 7.35. The summed E-state index contributed by atoms with van der Waals surface area (Å²) in [4.78, 5) is 13.9. The Bertz CT molecular complexity index is 758. The number of rotatable bonds is 4. The van der Waals surface area contributed by atoms with Crippen molar-refractivity contribution in [1.29, 1.82) is 0 Å². The van der Waals surface area contributed by atoms with Crippen molar-refractivity contribution in [3.8, 4) is 0 Å². The molecule has 5 nitrogen and oxygen atoms in total. The van der Waals surface area contributed by atoms with E-state index in [9.17, 15) is 4.79 Å². The fourth-order valence-electron chi connectivity index (χ4n) is 2.79. The molecule has 2 N–H and O–H groups in total. The Kier molecular flexibility index (Phi) is 3.83. The number of hydrogen-bond acceptors (Lipinski definition) is 5. The highest BCUT2D eigenvalue weighted by Gasteiger charge is 2.30. The minimum Gasteiger partial charge on any atom is -0.348 e. The van der Waals surface area contributed by atoms with Crippen LogP contribution in [0.4, 0.5) is 0 Å². The number of fused-ring (bicyclic) bond motifs is 1. The van der Waals surface area contributed by atoms with E-state index >= 15 is 0 Å². The molecule has 2 aliphatic rings. The molecule has 0 radical (unpaired) electrons. The van der Waals surface area contributed by atoms with E-state index in [-0.39, 0.29) is 11.2 Å². The van der Waals surface area contributed by atoms with Crippen LogP contribution in [0.2, 0.25) is 0 Å². The maximum absolute atomic E-state index is 12.5. The monoisotopic (exact) mass is 352 g/mol. The molecule has 8 heteroatoms. The molecule has 2 aromatic rings. The fourth-order valence-corrected chi connectivity index (χ4v) is 5.41. The average molecular weight is 353 g/mol. The fraction of sp³-hybridized carbons (Fsp3) is 0.500. The maximum Gasteiger partial charge on any atom is 0.238 e. The summed E-state index contributed by atoms with van der Waals surface area (Å²) >= 11 is 8.74. The Hall–Kier alpha value is -1.12. The Labute approximate surface area is 141 Å². The summed E-state index contributed by atoms with van der Waals surface area (Å²) in [5.74, 6) is 1.90. The predicted molar refractivity (Wildman–Crippen MR) is 90.8 cm³/mol. The van der Waals surface area contributed by atoms with Gasteiger partial charge in [-0.1, -0.05) is 0 Å². The molecule has 0 bridgehead atoms. The molecule has 1 atom stereocenters. The molecule has 0 saturated heterocycles. The van der Waals surface area contributed by atoms with Gasteiger partial charge in [-0.2, -0.15) is 5.10 Å². The number of aryl methyl sites for hydroxylation is 1. The number of nitrogens with zero attached hydrogens (tertiary/aromatic N) is 2. The molecule has 1 amide bonds. The lowest BCUT2D eigenvalue weighted by molar-refractivity contribution is -0.120. The van der Waals surface area contributed by atoms with Crippen LogP contribution in [-0.2, 0) is 17.8 Å². The zero-order valence-electron chi connectivity index (χ0n) is 11.9. The summed E-state index contributed by atoms with van der Waals surface area (Å²) in [6.45, 7) is 0.430. The SMILES string of the molecule is O=C(NCc1n[nH]c(=S)n1C1CC1)C1SCCc2sccc21. The van der Waals surface area contributed by atoms with E-state index in [1.54, 1.807) is 23.1 Å². The van der Waals surface area contributed by atoms with Crippen LogP contribution in [0.25, 0.3) is 0 Å². The Morgan fingerprint density at radius 2 is 2.41 bits per heavy atom. The minimum atomic E-state index is -0.0914. The van der Waals surface area contributed by atoms with E-state index in [1.165, 1.54) is 10.4 Å². The Morgan fingerprint density at radius 1 is 1.55 bits per heavy atom. The second-order valence-electron chi connectivity index (χ2n) is 5.56. The molecule has 1 unspecified atom stereocenters. The number of hydrogen-bond donors (Lipinski definition) is 2. The summed E-state index contributed by atoms with van der Waals surface area (Å²) in [6.07, 6.45) is 3.36. The number of thiophene rings is 1. The first-order valence-corrected chi connectivity index (χ1v) is 9.69. The summed E-state index contributed by atoms with van der Waals surface area (Å²) in [7, 11) is 0. The summed E-state index contributed by atoms with van der Waals surface area (Å²) in [5.41, 5.74) is 1.18. The van der Waals surface area contributed by atoms with Gasteiger partial charge in [0.05, 0.1) is 6.54 Å². The van der Waals surface area contributed by atoms with Gasteiger partial charge in [0.2, 0.25) is 5.91 Å². The van der Waals surface area contributed by atoms with Crippen LogP contribution in [0.5, 0.6) is 0 Å². The van der Waals surface area contributed by atoms with E-state index in [0.717, 1.165) is 30.8 Å². The number of thioether (sulfide) groups is 1. The van der Waals surface area contributed by atoms with Gasteiger partial charge in [-0.05, 0) is 54.2 Å². The smallest absolute Gasteiger partial charge is 0.238 e. The number of amides is 1. The Morgan fingerprint density at radius 3 is 3.23 bits per heavy atom. The molecule has 1 aliphatic heterocycles. The van der Waals surface area contributed by atoms with Gasteiger partial charge in [0.1, 0.15) is 5.25 Å². The normalized spacial score (nSPS) is 20.6. The highest BCUT2D eigenvalue weighted by atomic mass is 32.2. The first-order chi connectivity index (χ1) is 10.7. The van der Waals surface area contributed by atoms with Crippen molar-refractivity contribution < 1.29 is 4.79 Å².